The first-order valence-corrected chi connectivity index (χ1v) is 10.6. The molecule has 1 N–H and O–H groups in total. The van der Waals surface area contributed by atoms with Crippen molar-refractivity contribution in [3.8, 4) is 5.75 Å². The van der Waals surface area contributed by atoms with Gasteiger partial charge in [0.1, 0.15) is 11.6 Å². The van der Waals surface area contributed by atoms with Gasteiger partial charge in [-0.3, -0.25) is 4.79 Å². The molecule has 0 radical (unpaired) electrons. The third kappa shape index (κ3) is 4.69. The molecule has 2 aromatic rings. The number of amides is 1. The minimum atomic E-state index is -3.72. The molecular formula is C20H23FN2O4S. The maximum atomic E-state index is 12.9. The third-order valence-corrected chi connectivity index (χ3v) is 6.13. The van der Waals surface area contributed by atoms with Crippen molar-refractivity contribution in [2.75, 3.05) is 25.1 Å². The SMILES string of the molecule is COc1ccc(S(=O)(=O)NCCCc2ccc(F)cc2)cc1N1CCCC1=O. The summed E-state index contributed by atoms with van der Waals surface area (Å²) in [5.41, 5.74) is 1.42. The van der Waals surface area contributed by atoms with Crippen LogP contribution in [0.25, 0.3) is 0 Å². The number of sulfonamides is 1. The second-order valence-corrected chi connectivity index (χ2v) is 8.38. The van der Waals surface area contributed by atoms with Crippen LogP contribution in [0.3, 0.4) is 0 Å². The largest absolute Gasteiger partial charge is 0.495 e. The van der Waals surface area contributed by atoms with E-state index in [0.29, 0.717) is 37.2 Å². The zero-order chi connectivity index (χ0) is 20.1. The van der Waals surface area contributed by atoms with Crippen molar-refractivity contribution in [3.05, 3.63) is 53.8 Å². The first kappa shape index (κ1) is 20.3. The Morgan fingerprint density at radius 2 is 1.93 bits per heavy atom. The number of halogens is 1. The molecule has 1 aliphatic heterocycles. The van der Waals surface area contributed by atoms with Gasteiger partial charge in [-0.2, -0.15) is 0 Å². The van der Waals surface area contributed by atoms with Crippen LogP contribution in [0.5, 0.6) is 5.75 Å². The molecule has 0 atom stereocenters. The number of carbonyl (C=O) groups is 1. The lowest BCUT2D eigenvalue weighted by atomic mass is 10.1. The van der Waals surface area contributed by atoms with Crippen molar-refractivity contribution >= 4 is 21.6 Å². The highest BCUT2D eigenvalue weighted by Crippen LogP contribution is 2.33. The van der Waals surface area contributed by atoms with Crippen molar-refractivity contribution in [2.45, 2.75) is 30.6 Å². The van der Waals surface area contributed by atoms with Crippen LogP contribution in [0, 0.1) is 5.82 Å². The molecule has 1 fully saturated rings. The Balaban J connectivity index is 1.67. The van der Waals surface area contributed by atoms with Gasteiger partial charge in [-0.25, -0.2) is 17.5 Å². The van der Waals surface area contributed by atoms with Crippen LogP contribution in [-0.4, -0.2) is 34.5 Å². The molecule has 6 nitrogen and oxygen atoms in total. The molecule has 1 aliphatic rings. The maximum Gasteiger partial charge on any atom is 0.240 e. The van der Waals surface area contributed by atoms with Crippen LogP contribution in [-0.2, 0) is 21.2 Å². The second-order valence-electron chi connectivity index (χ2n) is 6.61. The van der Waals surface area contributed by atoms with Crippen molar-refractivity contribution in [2.24, 2.45) is 0 Å². The Morgan fingerprint density at radius 3 is 2.57 bits per heavy atom. The summed E-state index contributed by atoms with van der Waals surface area (Å²) in [6.45, 7) is 0.799. The first-order chi connectivity index (χ1) is 13.4. The average Bonchev–Trinajstić information content (AvgIpc) is 3.12. The number of hydrogen-bond donors (Lipinski definition) is 1. The molecular weight excluding hydrogens is 383 g/mol. The number of carbonyl (C=O) groups excluding carboxylic acids is 1. The zero-order valence-corrected chi connectivity index (χ0v) is 16.5. The first-order valence-electron chi connectivity index (χ1n) is 9.13. The Morgan fingerprint density at radius 1 is 1.18 bits per heavy atom. The summed E-state index contributed by atoms with van der Waals surface area (Å²) in [6.07, 6.45) is 2.40. The number of aryl methyl sites for hydroxylation is 1. The fourth-order valence-electron chi connectivity index (χ4n) is 3.18. The topological polar surface area (TPSA) is 75.7 Å². The lowest BCUT2D eigenvalue weighted by molar-refractivity contribution is -0.117. The molecule has 3 rings (SSSR count). The van der Waals surface area contributed by atoms with Crippen LogP contribution in [0.15, 0.2) is 47.4 Å². The summed E-state index contributed by atoms with van der Waals surface area (Å²) in [5.74, 6) is 0.127. The van der Waals surface area contributed by atoms with Crippen LogP contribution < -0.4 is 14.4 Å². The molecule has 0 unspecified atom stereocenters. The smallest absolute Gasteiger partial charge is 0.240 e. The summed E-state index contributed by atoms with van der Waals surface area (Å²) < 4.78 is 46.1. The summed E-state index contributed by atoms with van der Waals surface area (Å²) in [7, 11) is -2.23. The Kier molecular flexibility index (Phi) is 6.31. The van der Waals surface area contributed by atoms with Gasteiger partial charge in [0, 0.05) is 19.5 Å². The number of nitrogens with zero attached hydrogens (tertiary/aromatic N) is 1. The lowest BCUT2D eigenvalue weighted by Gasteiger charge is -2.20. The summed E-state index contributed by atoms with van der Waals surface area (Å²) in [6, 6.07) is 10.7. The number of ether oxygens (including phenoxy) is 1. The predicted octanol–water partition coefficient (Wildman–Crippen LogP) is 2.87. The van der Waals surface area contributed by atoms with Gasteiger partial charge in [0.25, 0.3) is 0 Å². The van der Waals surface area contributed by atoms with E-state index in [1.165, 1.54) is 31.4 Å². The Bertz CT molecular complexity index is 945. The van der Waals surface area contributed by atoms with Gasteiger partial charge < -0.3 is 9.64 Å². The Labute approximate surface area is 164 Å². The van der Waals surface area contributed by atoms with E-state index in [9.17, 15) is 17.6 Å². The van der Waals surface area contributed by atoms with Crippen molar-refractivity contribution < 1.29 is 22.3 Å². The number of anilines is 1. The molecule has 1 saturated heterocycles. The minimum Gasteiger partial charge on any atom is -0.495 e. The molecule has 0 saturated carbocycles. The zero-order valence-electron chi connectivity index (χ0n) is 15.7. The molecule has 0 aliphatic carbocycles. The number of hydrogen-bond acceptors (Lipinski definition) is 4. The molecule has 0 aromatic heterocycles. The van der Waals surface area contributed by atoms with Gasteiger partial charge in [0.05, 0.1) is 17.7 Å². The number of rotatable bonds is 8. The highest BCUT2D eigenvalue weighted by Gasteiger charge is 2.26. The molecule has 8 heteroatoms. The van der Waals surface area contributed by atoms with Crippen molar-refractivity contribution in [1.82, 2.24) is 4.72 Å². The molecule has 0 bridgehead atoms. The fraction of sp³-hybridized carbons (Fsp3) is 0.350. The average molecular weight is 406 g/mol. The highest BCUT2D eigenvalue weighted by molar-refractivity contribution is 7.89. The summed E-state index contributed by atoms with van der Waals surface area (Å²) in [4.78, 5) is 13.7. The van der Waals surface area contributed by atoms with Crippen molar-refractivity contribution in [1.29, 1.82) is 0 Å². The number of nitrogens with one attached hydrogen (secondary N) is 1. The van der Waals surface area contributed by atoms with Gasteiger partial charge in [-0.05, 0) is 55.2 Å². The van der Waals surface area contributed by atoms with Crippen molar-refractivity contribution in [3.63, 3.8) is 0 Å². The van der Waals surface area contributed by atoms with Gasteiger partial charge in [0.15, 0.2) is 0 Å². The van der Waals surface area contributed by atoms with E-state index in [1.807, 2.05) is 0 Å². The predicted molar refractivity (Wildman–Crippen MR) is 104 cm³/mol. The van der Waals surface area contributed by atoms with Gasteiger partial charge in [-0.1, -0.05) is 12.1 Å². The normalized spacial score (nSPS) is 14.5. The van der Waals surface area contributed by atoms with Gasteiger partial charge in [0.2, 0.25) is 15.9 Å². The van der Waals surface area contributed by atoms with Crippen LogP contribution in [0.2, 0.25) is 0 Å². The molecule has 1 heterocycles. The summed E-state index contributed by atoms with van der Waals surface area (Å²) in [5, 5.41) is 0. The minimum absolute atomic E-state index is 0.0416. The number of benzene rings is 2. The van der Waals surface area contributed by atoms with E-state index in [1.54, 1.807) is 23.1 Å². The molecule has 1 amide bonds. The van der Waals surface area contributed by atoms with E-state index in [4.69, 9.17) is 4.74 Å². The highest BCUT2D eigenvalue weighted by atomic mass is 32.2. The van der Waals surface area contributed by atoms with E-state index >= 15 is 0 Å². The fourth-order valence-corrected chi connectivity index (χ4v) is 4.28. The van der Waals surface area contributed by atoms with Crippen LogP contribution in [0.4, 0.5) is 10.1 Å². The summed E-state index contributed by atoms with van der Waals surface area (Å²) >= 11 is 0. The van der Waals surface area contributed by atoms with Crippen LogP contribution >= 0.6 is 0 Å². The van der Waals surface area contributed by atoms with E-state index in [2.05, 4.69) is 4.72 Å². The molecule has 2 aromatic carbocycles. The number of methoxy groups -OCH3 is 1. The molecule has 0 spiro atoms. The molecule has 28 heavy (non-hydrogen) atoms. The standard InChI is InChI=1S/C20H23FN2O4S/c1-27-19-11-10-17(14-18(19)23-13-3-5-20(23)24)28(25,26)22-12-2-4-15-6-8-16(21)9-7-15/h6-11,14,22H,2-5,12-13H2,1H3. The third-order valence-electron chi connectivity index (χ3n) is 4.67. The van der Waals surface area contributed by atoms with E-state index < -0.39 is 10.0 Å². The lowest BCUT2D eigenvalue weighted by Crippen LogP contribution is -2.27. The van der Waals surface area contributed by atoms with Gasteiger partial charge in [-0.15, -0.1) is 0 Å². The quantitative estimate of drug-likeness (QED) is 0.684. The maximum absolute atomic E-state index is 12.9. The van der Waals surface area contributed by atoms with E-state index in [-0.39, 0.29) is 23.2 Å². The van der Waals surface area contributed by atoms with Crippen LogP contribution in [0.1, 0.15) is 24.8 Å². The van der Waals surface area contributed by atoms with E-state index in [0.717, 1.165) is 12.0 Å². The second kappa shape index (κ2) is 8.70. The van der Waals surface area contributed by atoms with Gasteiger partial charge >= 0.3 is 0 Å². The monoisotopic (exact) mass is 406 g/mol. The Hall–Kier alpha value is -2.45. The molecule has 150 valence electrons.